The van der Waals surface area contributed by atoms with Crippen LogP contribution >= 0.6 is 0 Å². The second-order valence-electron chi connectivity index (χ2n) is 10.1. The van der Waals surface area contributed by atoms with Gasteiger partial charge >= 0.3 is 0 Å². The molecule has 0 aromatic heterocycles. The van der Waals surface area contributed by atoms with Gasteiger partial charge in [0.2, 0.25) is 0 Å². The van der Waals surface area contributed by atoms with Gasteiger partial charge in [-0.05, 0) is 112 Å². The molecule has 0 spiro atoms. The lowest BCUT2D eigenvalue weighted by Gasteiger charge is -2.52. The van der Waals surface area contributed by atoms with Crippen LogP contribution in [0.2, 0.25) is 0 Å². The number of ether oxygens (including phenoxy) is 1. The van der Waals surface area contributed by atoms with E-state index in [4.69, 9.17) is 4.74 Å². The first-order valence-electron chi connectivity index (χ1n) is 10.9. The summed E-state index contributed by atoms with van der Waals surface area (Å²) in [5.41, 5.74) is 2.71. The van der Waals surface area contributed by atoms with Gasteiger partial charge < -0.3 is 14.7 Å². The Labute approximate surface area is 165 Å². The molecule has 0 radical (unpaired) electrons. The molecule has 3 aliphatic carbocycles. The molecule has 0 amide bonds. The van der Waals surface area contributed by atoms with Crippen molar-refractivity contribution in [3.8, 4) is 5.75 Å². The molecule has 150 valence electrons. The van der Waals surface area contributed by atoms with Crippen molar-refractivity contribution in [1.82, 2.24) is 4.90 Å². The highest BCUT2D eigenvalue weighted by Gasteiger charge is 2.59. The van der Waals surface area contributed by atoms with E-state index in [2.05, 4.69) is 51.0 Å². The van der Waals surface area contributed by atoms with Crippen molar-refractivity contribution < 1.29 is 9.84 Å². The number of aryl methyl sites for hydroxylation is 1. The molecule has 0 aliphatic heterocycles. The summed E-state index contributed by atoms with van der Waals surface area (Å²) in [4.78, 5) is 2.20. The van der Waals surface area contributed by atoms with Crippen molar-refractivity contribution in [2.45, 2.75) is 70.3 Å². The summed E-state index contributed by atoms with van der Waals surface area (Å²) < 4.78 is 6.01. The number of fused-ring (bicyclic) bond motifs is 5. The van der Waals surface area contributed by atoms with Gasteiger partial charge in [0.15, 0.2) is 0 Å². The summed E-state index contributed by atoms with van der Waals surface area (Å²) in [6.07, 6.45) is 8.07. The topological polar surface area (TPSA) is 32.7 Å². The monoisotopic (exact) mass is 371 g/mol. The fourth-order valence-electron chi connectivity index (χ4n) is 6.46. The predicted molar refractivity (Wildman–Crippen MR) is 110 cm³/mol. The van der Waals surface area contributed by atoms with Crippen molar-refractivity contribution in [2.75, 3.05) is 27.2 Å². The van der Waals surface area contributed by atoms with Gasteiger partial charge in [-0.2, -0.15) is 0 Å². The molecule has 1 aromatic rings. The van der Waals surface area contributed by atoms with Crippen molar-refractivity contribution in [3.05, 3.63) is 29.3 Å². The number of rotatable bonds is 5. The van der Waals surface area contributed by atoms with Crippen molar-refractivity contribution in [1.29, 1.82) is 0 Å². The molecule has 3 heteroatoms. The van der Waals surface area contributed by atoms with Gasteiger partial charge in [0.1, 0.15) is 5.75 Å². The maximum Gasteiger partial charge on any atom is 0.119 e. The van der Waals surface area contributed by atoms with Crippen LogP contribution < -0.4 is 4.74 Å². The molecule has 2 fully saturated rings. The van der Waals surface area contributed by atoms with E-state index in [1.54, 1.807) is 5.56 Å². The van der Waals surface area contributed by atoms with Crippen LogP contribution in [0.25, 0.3) is 0 Å². The van der Waals surface area contributed by atoms with Crippen molar-refractivity contribution >= 4 is 0 Å². The minimum absolute atomic E-state index is 0.112. The van der Waals surface area contributed by atoms with E-state index in [0.29, 0.717) is 11.8 Å². The zero-order valence-corrected chi connectivity index (χ0v) is 17.6. The summed E-state index contributed by atoms with van der Waals surface area (Å²) >= 11 is 0. The molecule has 5 atom stereocenters. The van der Waals surface area contributed by atoms with Crippen LogP contribution in [0.15, 0.2) is 18.2 Å². The summed E-state index contributed by atoms with van der Waals surface area (Å²) in [7, 11) is 4.21. The van der Waals surface area contributed by atoms with Crippen LogP contribution in [0.5, 0.6) is 5.75 Å². The van der Waals surface area contributed by atoms with Gasteiger partial charge in [-0.1, -0.05) is 13.0 Å². The lowest BCUT2D eigenvalue weighted by atomic mass is 9.53. The summed E-state index contributed by atoms with van der Waals surface area (Å²) in [6.45, 7) is 6.31. The first-order valence-corrected chi connectivity index (χ1v) is 10.9. The normalized spacial score (nSPS) is 37.6. The number of aliphatic hydroxyl groups is 1. The zero-order valence-electron chi connectivity index (χ0n) is 17.6. The highest BCUT2D eigenvalue weighted by molar-refractivity contribution is 5.41. The Bertz CT molecular complexity index is 683. The van der Waals surface area contributed by atoms with Gasteiger partial charge in [0.05, 0.1) is 12.2 Å². The summed E-state index contributed by atoms with van der Waals surface area (Å²) in [5, 5.41) is 11.0. The third kappa shape index (κ3) is 3.31. The predicted octanol–water partition coefficient (Wildman–Crippen LogP) is 4.62. The molecule has 2 saturated carbocycles. The number of nitrogens with zero attached hydrogens (tertiary/aromatic N) is 1. The Morgan fingerprint density at radius 3 is 2.74 bits per heavy atom. The van der Waals surface area contributed by atoms with Crippen LogP contribution in [0.3, 0.4) is 0 Å². The van der Waals surface area contributed by atoms with Crippen LogP contribution in [0, 0.1) is 17.3 Å². The summed E-state index contributed by atoms with van der Waals surface area (Å²) in [5.74, 6) is 3.15. The van der Waals surface area contributed by atoms with E-state index in [9.17, 15) is 5.11 Å². The van der Waals surface area contributed by atoms with E-state index in [0.717, 1.165) is 44.1 Å². The zero-order chi connectivity index (χ0) is 19.2. The van der Waals surface area contributed by atoms with E-state index in [1.807, 2.05) is 0 Å². The summed E-state index contributed by atoms with van der Waals surface area (Å²) in [6, 6.07) is 6.85. The Hall–Kier alpha value is -1.06. The molecule has 0 unspecified atom stereocenters. The Morgan fingerprint density at radius 2 is 1.96 bits per heavy atom. The van der Waals surface area contributed by atoms with E-state index < -0.39 is 5.60 Å². The van der Waals surface area contributed by atoms with E-state index in [-0.39, 0.29) is 5.41 Å². The van der Waals surface area contributed by atoms with Gasteiger partial charge in [0.25, 0.3) is 0 Å². The van der Waals surface area contributed by atoms with Crippen molar-refractivity contribution in [3.63, 3.8) is 0 Å². The average molecular weight is 372 g/mol. The molecule has 1 N–H and O–H groups in total. The Balaban J connectivity index is 1.47. The SMILES string of the molecule is CN(C)CCCOc1ccc2c(c1)CC[C@@H]1[C@@H]2CC[C@@]2(C)[C@H]1CC[C@@]2(C)O. The number of benzene rings is 1. The van der Waals surface area contributed by atoms with Crippen LogP contribution in [-0.2, 0) is 6.42 Å². The van der Waals surface area contributed by atoms with Gasteiger partial charge in [-0.3, -0.25) is 0 Å². The van der Waals surface area contributed by atoms with Crippen LogP contribution in [0.4, 0.5) is 0 Å². The molecule has 3 nitrogen and oxygen atoms in total. The fraction of sp³-hybridized carbons (Fsp3) is 0.750. The molecule has 4 rings (SSSR count). The first kappa shape index (κ1) is 19.3. The molecule has 0 bridgehead atoms. The minimum atomic E-state index is -0.479. The third-order valence-corrected chi connectivity index (χ3v) is 8.28. The van der Waals surface area contributed by atoms with E-state index in [1.165, 1.54) is 31.2 Å². The van der Waals surface area contributed by atoms with Gasteiger partial charge in [-0.15, -0.1) is 0 Å². The Morgan fingerprint density at radius 1 is 1.15 bits per heavy atom. The lowest BCUT2D eigenvalue weighted by molar-refractivity contribution is -0.0901. The number of hydrogen-bond donors (Lipinski definition) is 1. The molecule has 0 saturated heterocycles. The van der Waals surface area contributed by atoms with Crippen molar-refractivity contribution in [2.24, 2.45) is 17.3 Å². The maximum absolute atomic E-state index is 11.0. The maximum atomic E-state index is 11.0. The average Bonchev–Trinajstić information content (AvgIpc) is 2.88. The molecular weight excluding hydrogens is 334 g/mol. The van der Waals surface area contributed by atoms with Gasteiger partial charge in [0, 0.05) is 6.54 Å². The molecule has 27 heavy (non-hydrogen) atoms. The first-order chi connectivity index (χ1) is 12.8. The van der Waals surface area contributed by atoms with E-state index >= 15 is 0 Å². The Kier molecular flexibility index (Phi) is 5.05. The highest BCUT2D eigenvalue weighted by atomic mass is 16.5. The fourth-order valence-corrected chi connectivity index (χ4v) is 6.46. The molecule has 1 aromatic carbocycles. The molecule has 0 heterocycles. The number of hydrogen-bond acceptors (Lipinski definition) is 3. The quantitative estimate of drug-likeness (QED) is 0.766. The van der Waals surface area contributed by atoms with Crippen LogP contribution in [-0.4, -0.2) is 42.9 Å². The smallest absolute Gasteiger partial charge is 0.119 e. The second kappa shape index (κ2) is 7.08. The highest BCUT2D eigenvalue weighted by Crippen LogP contribution is 2.64. The lowest BCUT2D eigenvalue weighted by Crippen LogP contribution is -2.49. The molecule has 3 aliphatic rings. The van der Waals surface area contributed by atoms with Gasteiger partial charge in [-0.25, -0.2) is 0 Å². The minimum Gasteiger partial charge on any atom is -0.494 e. The van der Waals surface area contributed by atoms with Crippen LogP contribution in [0.1, 0.15) is 69.4 Å². The largest absolute Gasteiger partial charge is 0.494 e. The molecular formula is C24H37NO2. The second-order valence-corrected chi connectivity index (χ2v) is 10.1. The third-order valence-electron chi connectivity index (χ3n) is 8.28. The standard InChI is InChI=1S/C24H37NO2/c1-23-12-10-20-19-9-7-18(27-15-5-14-25(3)4)16-17(19)6-8-21(20)22(23)11-13-24(23,2)26/h7,9,16,20-22,26H,5-6,8,10-15H2,1-4H3/t20-,21-,22+,23+,24-/m1/s1.